The Labute approximate surface area is 120 Å². The van der Waals surface area contributed by atoms with Crippen LogP contribution in [-0.2, 0) is 0 Å². The van der Waals surface area contributed by atoms with Gasteiger partial charge in [0.25, 0.3) is 5.91 Å². The number of ether oxygens (including phenoxy) is 1. The summed E-state index contributed by atoms with van der Waals surface area (Å²) in [5.41, 5.74) is 0.165. The molecule has 0 atom stereocenters. The molecule has 0 aliphatic carbocycles. The Balaban J connectivity index is 2.14. The lowest BCUT2D eigenvalue weighted by Crippen LogP contribution is -2.24. The van der Waals surface area contributed by atoms with Gasteiger partial charge in [0.1, 0.15) is 23.1 Å². The maximum absolute atomic E-state index is 11.7. The van der Waals surface area contributed by atoms with Crippen LogP contribution in [-0.4, -0.2) is 22.4 Å². The Morgan fingerprint density at radius 2 is 2.30 bits per heavy atom. The molecule has 20 heavy (non-hydrogen) atoms. The molecule has 0 saturated heterocycles. The van der Waals surface area contributed by atoms with Crippen LogP contribution in [0, 0.1) is 11.3 Å². The highest BCUT2D eigenvalue weighted by Gasteiger charge is 2.08. The number of rotatable bonds is 4. The van der Waals surface area contributed by atoms with Crippen molar-refractivity contribution in [1.82, 2.24) is 15.3 Å². The molecule has 2 aromatic rings. The van der Waals surface area contributed by atoms with E-state index < -0.39 is 5.91 Å². The number of aromatic nitrogens is 2. The maximum Gasteiger partial charge on any atom is 0.270 e. The largest absolute Gasteiger partial charge is 0.439 e. The molecule has 2 rings (SSSR count). The minimum Gasteiger partial charge on any atom is -0.439 e. The zero-order chi connectivity index (χ0) is 14.4. The van der Waals surface area contributed by atoms with Crippen LogP contribution >= 0.6 is 11.6 Å². The lowest BCUT2D eigenvalue weighted by Gasteiger charge is -2.06. The second-order valence-corrected chi connectivity index (χ2v) is 4.01. The van der Waals surface area contributed by atoms with Gasteiger partial charge in [0.05, 0.1) is 6.07 Å². The summed E-state index contributed by atoms with van der Waals surface area (Å²) in [4.78, 5) is 19.5. The Kier molecular flexibility index (Phi) is 4.47. The molecule has 0 aliphatic rings. The highest BCUT2D eigenvalue weighted by Crippen LogP contribution is 2.21. The van der Waals surface area contributed by atoms with Crippen LogP contribution in [0.3, 0.4) is 0 Å². The summed E-state index contributed by atoms with van der Waals surface area (Å²) < 4.78 is 5.47. The predicted octanol–water partition coefficient (Wildman–Crippen LogP) is 2.18. The second kappa shape index (κ2) is 6.50. The molecule has 0 bridgehead atoms. The number of halogens is 1. The Morgan fingerprint density at radius 1 is 1.45 bits per heavy atom. The van der Waals surface area contributed by atoms with E-state index in [1.807, 2.05) is 6.07 Å². The highest BCUT2D eigenvalue weighted by molar-refractivity contribution is 6.29. The van der Waals surface area contributed by atoms with E-state index in [0.717, 1.165) is 0 Å². The third-order valence-electron chi connectivity index (χ3n) is 2.20. The van der Waals surface area contributed by atoms with Gasteiger partial charge in [0.2, 0.25) is 5.88 Å². The van der Waals surface area contributed by atoms with E-state index in [1.54, 1.807) is 18.2 Å². The van der Waals surface area contributed by atoms with Gasteiger partial charge < -0.3 is 10.1 Å². The number of pyridine rings is 2. The number of nitriles is 1. The lowest BCUT2D eigenvalue weighted by atomic mass is 10.3. The van der Waals surface area contributed by atoms with E-state index in [1.165, 1.54) is 18.3 Å². The van der Waals surface area contributed by atoms with Gasteiger partial charge in [-0.05, 0) is 12.1 Å². The summed E-state index contributed by atoms with van der Waals surface area (Å²) in [6.45, 7) is -0.0778. The normalized spacial score (nSPS) is 9.60. The molecule has 1 N–H and O–H groups in total. The van der Waals surface area contributed by atoms with E-state index in [2.05, 4.69) is 15.3 Å². The maximum atomic E-state index is 11.7. The average Bonchev–Trinajstić information content (AvgIpc) is 2.45. The molecule has 0 fully saturated rings. The molecule has 0 saturated carbocycles. The van der Waals surface area contributed by atoms with Gasteiger partial charge in [0, 0.05) is 18.3 Å². The molecule has 0 radical (unpaired) electrons. The van der Waals surface area contributed by atoms with Crippen molar-refractivity contribution in [3.05, 3.63) is 47.4 Å². The van der Waals surface area contributed by atoms with E-state index in [9.17, 15) is 4.79 Å². The average molecular weight is 289 g/mol. The van der Waals surface area contributed by atoms with Crippen LogP contribution in [0.4, 0.5) is 0 Å². The van der Waals surface area contributed by atoms with Gasteiger partial charge in [-0.25, -0.2) is 9.97 Å². The van der Waals surface area contributed by atoms with Gasteiger partial charge in [-0.2, -0.15) is 5.26 Å². The second-order valence-electron chi connectivity index (χ2n) is 3.62. The summed E-state index contributed by atoms with van der Waals surface area (Å²) in [5.74, 6) is 0.272. The first-order valence-electron chi connectivity index (χ1n) is 5.60. The summed E-state index contributed by atoms with van der Waals surface area (Å²) in [7, 11) is 0. The molecule has 7 heteroatoms. The van der Waals surface area contributed by atoms with E-state index in [-0.39, 0.29) is 18.1 Å². The van der Waals surface area contributed by atoms with E-state index in [0.29, 0.717) is 10.9 Å². The van der Waals surface area contributed by atoms with Gasteiger partial charge in [-0.1, -0.05) is 17.7 Å². The summed E-state index contributed by atoms with van der Waals surface area (Å²) >= 11 is 5.74. The minimum absolute atomic E-state index is 0.0778. The molecule has 0 aliphatic heterocycles. The first-order valence-corrected chi connectivity index (χ1v) is 5.98. The van der Waals surface area contributed by atoms with Gasteiger partial charge in [0.15, 0.2) is 0 Å². The van der Waals surface area contributed by atoms with Crippen molar-refractivity contribution < 1.29 is 9.53 Å². The molecule has 0 aromatic carbocycles. The number of nitrogens with one attached hydrogen (secondary N) is 1. The van der Waals surface area contributed by atoms with E-state index in [4.69, 9.17) is 21.6 Å². The first kappa shape index (κ1) is 13.8. The third-order valence-corrected chi connectivity index (χ3v) is 2.41. The highest BCUT2D eigenvalue weighted by atomic mass is 35.5. The smallest absolute Gasteiger partial charge is 0.270 e. The fourth-order valence-electron chi connectivity index (χ4n) is 1.38. The van der Waals surface area contributed by atoms with Gasteiger partial charge >= 0.3 is 0 Å². The topological polar surface area (TPSA) is 87.9 Å². The van der Waals surface area contributed by atoms with Crippen molar-refractivity contribution in [2.75, 3.05) is 6.54 Å². The zero-order valence-corrected chi connectivity index (χ0v) is 11.0. The van der Waals surface area contributed by atoms with Crippen LogP contribution < -0.4 is 10.1 Å². The van der Waals surface area contributed by atoms with Crippen molar-refractivity contribution in [2.24, 2.45) is 0 Å². The summed E-state index contributed by atoms with van der Waals surface area (Å²) in [6, 6.07) is 9.74. The fourth-order valence-corrected chi connectivity index (χ4v) is 1.54. The lowest BCUT2D eigenvalue weighted by molar-refractivity contribution is 0.0953. The number of nitrogens with zero attached hydrogens (tertiary/aromatic N) is 3. The molecule has 1 amide bonds. The Hall–Kier alpha value is -2.65. The van der Waals surface area contributed by atoms with Crippen LogP contribution in [0.5, 0.6) is 11.6 Å². The zero-order valence-electron chi connectivity index (χ0n) is 10.2. The molecule has 2 heterocycles. The van der Waals surface area contributed by atoms with Crippen molar-refractivity contribution >= 4 is 17.5 Å². The Morgan fingerprint density at radius 3 is 3.05 bits per heavy atom. The number of carbonyl (C=O) groups excluding carboxylic acids is 1. The molecular formula is C13H9ClN4O2. The monoisotopic (exact) mass is 288 g/mol. The van der Waals surface area contributed by atoms with Gasteiger partial charge in [-0.3, -0.25) is 4.79 Å². The molecule has 100 valence electrons. The minimum atomic E-state index is -0.440. The number of hydrogen-bond acceptors (Lipinski definition) is 5. The van der Waals surface area contributed by atoms with Crippen LogP contribution in [0.15, 0.2) is 36.5 Å². The Bertz CT molecular complexity index is 669. The van der Waals surface area contributed by atoms with Crippen molar-refractivity contribution in [2.45, 2.75) is 0 Å². The molecular weight excluding hydrogens is 280 g/mol. The van der Waals surface area contributed by atoms with Crippen molar-refractivity contribution in [3.63, 3.8) is 0 Å². The van der Waals surface area contributed by atoms with Crippen LogP contribution in [0.2, 0.25) is 5.15 Å². The number of amides is 1. The summed E-state index contributed by atoms with van der Waals surface area (Å²) in [6.07, 6.45) is 1.50. The van der Waals surface area contributed by atoms with Crippen molar-refractivity contribution in [3.8, 4) is 17.7 Å². The predicted molar refractivity (Wildman–Crippen MR) is 71.5 cm³/mol. The fraction of sp³-hybridized carbons (Fsp3) is 0.0769. The third kappa shape index (κ3) is 3.67. The van der Waals surface area contributed by atoms with Crippen LogP contribution in [0.1, 0.15) is 10.5 Å². The quantitative estimate of drug-likeness (QED) is 0.688. The molecule has 6 nitrogen and oxygen atoms in total. The van der Waals surface area contributed by atoms with Gasteiger partial charge in [-0.15, -0.1) is 0 Å². The molecule has 0 unspecified atom stereocenters. The summed E-state index contributed by atoms with van der Waals surface area (Å²) in [5, 5.41) is 11.1. The van der Waals surface area contributed by atoms with E-state index >= 15 is 0 Å². The number of carbonyl (C=O) groups is 1. The number of hydrogen-bond donors (Lipinski definition) is 1. The standard InChI is InChI=1S/C13H9ClN4O2/c14-11-8-9(4-6-16-11)20-12-3-1-2-10(18-12)13(19)17-7-5-15/h1-4,6,8H,7H2,(H,17,19). The molecule has 0 spiro atoms. The van der Waals surface area contributed by atoms with Crippen molar-refractivity contribution in [1.29, 1.82) is 5.26 Å². The molecule has 2 aromatic heterocycles. The SMILES string of the molecule is N#CCNC(=O)c1cccc(Oc2ccnc(Cl)c2)n1. The van der Waals surface area contributed by atoms with Crippen LogP contribution in [0.25, 0.3) is 0 Å². The first-order chi connectivity index (χ1) is 9.69.